The Balaban J connectivity index is 0.994. The number of hydrogen-bond donors (Lipinski definition) is 2. The molecule has 10 heteroatoms. The van der Waals surface area contributed by atoms with Crippen molar-refractivity contribution in [2.75, 3.05) is 32.8 Å². The first-order valence-electron chi connectivity index (χ1n) is 21.1. The molecule has 3 N–H and O–H groups in total. The van der Waals surface area contributed by atoms with E-state index in [0.29, 0.717) is 43.9 Å². The standard InChI is InChI=1S/C42H69N3O7/c1-24(2)20-31(46)45-18-19-49-32(22-45)51-30-12-13-40-23-41(40)15-14-39(8)33-26(5)21-27(34(25(3)4)52-37(48)44-16-9-17-44)50-35(33)36(47)42(39,43)29(41)11-10-28(40)38(30,6)7/h24-30,32-36,47H,9-23,43H2,1-8H3/t26-,27?,28+,29?,30?,32?,33+,34-,35?,36+,39?,40?,41?,42+/m1/s1. The molecule has 3 heterocycles. The SMILES string of the molecule is CC(C)CC(=O)N1CCOC(OC2CCC34CC35CCC3(C)[C@@H]6C(OC([C@H](OC(=O)N7CCC7)C(C)C)C[C@H]6C)[C@H](O)[C@@]3(N)C5CC[C@H]4C2(C)C)C1. The second-order valence-corrected chi connectivity index (χ2v) is 20.5. The van der Waals surface area contributed by atoms with Gasteiger partial charge in [0.1, 0.15) is 6.10 Å². The zero-order valence-corrected chi connectivity index (χ0v) is 33.4. The fraction of sp³-hybridized carbons (Fsp3) is 0.952. The summed E-state index contributed by atoms with van der Waals surface area (Å²) in [6.45, 7) is 21.1. The smallest absolute Gasteiger partial charge is 0.410 e. The van der Waals surface area contributed by atoms with E-state index < -0.39 is 11.6 Å². The normalized spacial score (nSPS) is 48.1. The third kappa shape index (κ3) is 5.25. The van der Waals surface area contributed by atoms with Gasteiger partial charge < -0.3 is 39.6 Å². The molecule has 2 spiro atoms. The van der Waals surface area contributed by atoms with Gasteiger partial charge in [-0.15, -0.1) is 0 Å². The van der Waals surface area contributed by atoms with E-state index in [9.17, 15) is 14.7 Å². The molecule has 8 rings (SSSR count). The maximum atomic E-state index is 13.0. The maximum absolute atomic E-state index is 13.0. The highest BCUT2D eigenvalue weighted by Gasteiger charge is 2.85. The lowest BCUT2D eigenvalue weighted by molar-refractivity contribution is -0.245. The summed E-state index contributed by atoms with van der Waals surface area (Å²) < 4.78 is 26.1. The second-order valence-electron chi connectivity index (χ2n) is 20.5. The molecule has 0 radical (unpaired) electrons. The quantitative estimate of drug-likeness (QED) is 0.329. The number of carbonyl (C=O) groups is 2. The van der Waals surface area contributed by atoms with Gasteiger partial charge in [-0.1, -0.05) is 55.4 Å². The highest BCUT2D eigenvalue weighted by Crippen LogP contribution is 2.87. The molecule has 10 nitrogen and oxygen atoms in total. The molecule has 8 aliphatic rings. The number of nitrogens with zero attached hydrogens (tertiary/aromatic N) is 2. The van der Waals surface area contributed by atoms with E-state index in [-0.39, 0.29) is 82.1 Å². The number of nitrogens with two attached hydrogens (primary N) is 1. The van der Waals surface area contributed by atoms with Crippen LogP contribution in [0.25, 0.3) is 0 Å². The lowest BCUT2D eigenvalue weighted by Gasteiger charge is -2.63. The third-order valence-corrected chi connectivity index (χ3v) is 16.9. The van der Waals surface area contributed by atoms with Gasteiger partial charge in [-0.2, -0.15) is 0 Å². The van der Waals surface area contributed by atoms with Crippen molar-refractivity contribution in [2.45, 2.75) is 162 Å². The summed E-state index contributed by atoms with van der Waals surface area (Å²) in [4.78, 5) is 29.6. The molecule has 3 saturated heterocycles. The zero-order valence-electron chi connectivity index (χ0n) is 33.4. The Morgan fingerprint density at radius 3 is 2.35 bits per heavy atom. The van der Waals surface area contributed by atoms with Crippen molar-refractivity contribution < 1.29 is 33.6 Å². The molecular weight excluding hydrogens is 658 g/mol. The number of aliphatic hydroxyl groups excluding tert-OH is 1. The Morgan fingerprint density at radius 1 is 0.962 bits per heavy atom. The minimum absolute atomic E-state index is 0.0463. The molecule has 2 amide bonds. The molecule has 5 saturated carbocycles. The van der Waals surface area contributed by atoms with E-state index in [2.05, 4.69) is 55.4 Å². The highest BCUT2D eigenvalue weighted by molar-refractivity contribution is 5.76. The number of aliphatic hydroxyl groups is 1. The van der Waals surface area contributed by atoms with Crippen LogP contribution in [0.2, 0.25) is 0 Å². The Labute approximate surface area is 312 Å². The van der Waals surface area contributed by atoms with E-state index in [1.165, 1.54) is 6.42 Å². The Hall–Kier alpha value is -1.46. The van der Waals surface area contributed by atoms with Crippen LogP contribution in [-0.4, -0.2) is 102 Å². The molecule has 52 heavy (non-hydrogen) atoms. The summed E-state index contributed by atoms with van der Waals surface area (Å²) in [5.74, 6) is 1.84. The summed E-state index contributed by atoms with van der Waals surface area (Å²) in [5.41, 5.74) is 7.21. The van der Waals surface area contributed by atoms with Gasteiger partial charge in [-0.25, -0.2) is 4.79 Å². The minimum atomic E-state index is -0.763. The topological polar surface area (TPSA) is 124 Å². The predicted octanol–water partition coefficient (Wildman–Crippen LogP) is 5.97. The fourth-order valence-corrected chi connectivity index (χ4v) is 14.3. The van der Waals surface area contributed by atoms with Crippen LogP contribution >= 0.6 is 0 Å². The molecule has 14 atom stereocenters. The van der Waals surface area contributed by atoms with Crippen LogP contribution in [0.4, 0.5) is 4.79 Å². The van der Waals surface area contributed by atoms with Gasteiger partial charge in [0.15, 0.2) is 6.29 Å². The van der Waals surface area contributed by atoms with Gasteiger partial charge in [0.25, 0.3) is 0 Å². The van der Waals surface area contributed by atoms with Crippen molar-refractivity contribution in [3.8, 4) is 0 Å². The number of carbonyl (C=O) groups excluding carboxylic acids is 2. The van der Waals surface area contributed by atoms with Crippen LogP contribution < -0.4 is 5.73 Å². The number of ether oxygens (including phenoxy) is 4. The molecule has 0 aromatic carbocycles. The van der Waals surface area contributed by atoms with Crippen LogP contribution in [0.5, 0.6) is 0 Å². The molecule has 8 unspecified atom stereocenters. The van der Waals surface area contributed by atoms with Crippen LogP contribution in [0.1, 0.15) is 120 Å². The third-order valence-electron chi connectivity index (χ3n) is 16.9. The average Bonchev–Trinajstić information content (AvgIpc) is 3.68. The van der Waals surface area contributed by atoms with E-state index in [4.69, 9.17) is 24.7 Å². The summed E-state index contributed by atoms with van der Waals surface area (Å²) in [6, 6.07) is 0. The van der Waals surface area contributed by atoms with E-state index >= 15 is 0 Å². The summed E-state index contributed by atoms with van der Waals surface area (Å²) in [7, 11) is 0. The number of amides is 2. The Bertz CT molecular complexity index is 1400. The molecule has 3 aliphatic heterocycles. The average molecular weight is 728 g/mol. The van der Waals surface area contributed by atoms with Crippen LogP contribution in [0.15, 0.2) is 0 Å². The van der Waals surface area contributed by atoms with Crippen molar-refractivity contribution in [1.29, 1.82) is 0 Å². The molecular formula is C42H69N3O7. The molecule has 0 aromatic rings. The first-order valence-corrected chi connectivity index (χ1v) is 21.1. The lowest BCUT2D eigenvalue weighted by Crippen LogP contribution is -2.70. The van der Waals surface area contributed by atoms with Crippen molar-refractivity contribution in [3.63, 3.8) is 0 Å². The van der Waals surface area contributed by atoms with Gasteiger partial charge in [-0.05, 0) is 115 Å². The number of likely N-dealkylation sites (tertiary alicyclic amines) is 1. The first-order chi connectivity index (χ1) is 24.5. The zero-order chi connectivity index (χ0) is 37.2. The van der Waals surface area contributed by atoms with Crippen LogP contribution in [0.3, 0.4) is 0 Å². The van der Waals surface area contributed by atoms with E-state index in [1.807, 2.05) is 4.90 Å². The second kappa shape index (κ2) is 12.8. The molecule has 0 aromatic heterocycles. The van der Waals surface area contributed by atoms with Crippen molar-refractivity contribution in [1.82, 2.24) is 9.80 Å². The molecule has 294 valence electrons. The summed E-state index contributed by atoms with van der Waals surface area (Å²) >= 11 is 0. The first kappa shape index (κ1) is 37.5. The fourth-order valence-electron chi connectivity index (χ4n) is 14.3. The Morgan fingerprint density at radius 2 is 1.67 bits per heavy atom. The maximum Gasteiger partial charge on any atom is 0.410 e. The highest BCUT2D eigenvalue weighted by atomic mass is 16.7. The van der Waals surface area contributed by atoms with Gasteiger partial charge in [0, 0.05) is 26.1 Å². The number of fused-ring (bicyclic) bond motifs is 4. The van der Waals surface area contributed by atoms with Gasteiger partial charge in [0.05, 0.1) is 43.1 Å². The van der Waals surface area contributed by atoms with Gasteiger partial charge >= 0.3 is 6.09 Å². The van der Waals surface area contributed by atoms with E-state index in [0.717, 1.165) is 64.5 Å². The number of hydrogen-bond acceptors (Lipinski definition) is 8. The predicted molar refractivity (Wildman–Crippen MR) is 197 cm³/mol. The summed E-state index contributed by atoms with van der Waals surface area (Å²) in [5, 5.41) is 12.6. The molecule has 0 bridgehead atoms. The van der Waals surface area contributed by atoms with Crippen molar-refractivity contribution >= 4 is 12.0 Å². The minimum Gasteiger partial charge on any atom is -0.443 e. The largest absolute Gasteiger partial charge is 0.443 e. The van der Waals surface area contributed by atoms with Gasteiger partial charge in [-0.3, -0.25) is 4.79 Å². The van der Waals surface area contributed by atoms with Crippen LogP contribution in [-0.2, 0) is 23.7 Å². The van der Waals surface area contributed by atoms with Gasteiger partial charge in [0.2, 0.25) is 5.91 Å². The number of morpholine rings is 1. The van der Waals surface area contributed by atoms with Crippen molar-refractivity contribution in [2.24, 2.45) is 62.9 Å². The molecule has 5 aliphatic carbocycles. The molecule has 8 fully saturated rings. The monoisotopic (exact) mass is 728 g/mol. The van der Waals surface area contributed by atoms with E-state index in [1.54, 1.807) is 4.90 Å². The summed E-state index contributed by atoms with van der Waals surface area (Å²) in [6.07, 6.45) is 7.67. The Kier molecular flexibility index (Phi) is 9.21. The lowest BCUT2D eigenvalue weighted by atomic mass is 9.43. The van der Waals surface area contributed by atoms with Crippen LogP contribution in [0, 0.1) is 57.2 Å². The van der Waals surface area contributed by atoms with Crippen molar-refractivity contribution in [3.05, 3.63) is 0 Å². The number of rotatable bonds is 7.